The average molecular weight is 173 g/mol. The van der Waals surface area contributed by atoms with Crippen LogP contribution in [0, 0.1) is 11.3 Å². The van der Waals surface area contributed by atoms with E-state index in [0.29, 0.717) is 0 Å². The third kappa shape index (κ3) is 1.24. The molecule has 1 aliphatic heterocycles. The number of fused-ring (bicyclic) bond motifs is 1. The molecule has 1 nitrogen and oxygen atoms in total. The molecule has 0 amide bonds. The smallest absolute Gasteiger partial charge is 0.0956 e. The van der Waals surface area contributed by atoms with Gasteiger partial charge in [-0.3, -0.25) is 0 Å². The van der Waals surface area contributed by atoms with E-state index in [1.165, 1.54) is 10.5 Å². The normalized spacial score (nSPS) is 14.4. The number of nitriles is 1. The highest BCUT2D eigenvalue weighted by Crippen LogP contribution is 2.31. The molecule has 0 fully saturated rings. The van der Waals surface area contributed by atoms with Crippen LogP contribution in [0.1, 0.15) is 5.56 Å². The minimum atomic E-state index is 0.791. The van der Waals surface area contributed by atoms with Gasteiger partial charge in [-0.25, -0.2) is 0 Å². The van der Waals surface area contributed by atoms with E-state index in [-0.39, 0.29) is 0 Å². The first-order chi connectivity index (χ1) is 5.90. The second-order valence-corrected chi connectivity index (χ2v) is 3.57. The van der Waals surface area contributed by atoms with Crippen LogP contribution < -0.4 is 0 Å². The van der Waals surface area contributed by atoms with Gasteiger partial charge in [0.15, 0.2) is 0 Å². The first kappa shape index (κ1) is 7.45. The Kier molecular flexibility index (Phi) is 1.89. The van der Waals surface area contributed by atoms with Crippen LogP contribution >= 0.6 is 11.8 Å². The largest absolute Gasteiger partial charge is 0.193 e. The molecule has 2 rings (SSSR count). The molecule has 0 saturated heterocycles. The molecule has 58 valence electrons. The second kappa shape index (κ2) is 3.04. The van der Waals surface area contributed by atoms with E-state index in [0.717, 1.165) is 12.0 Å². The number of hydrogen-bond acceptors (Lipinski definition) is 2. The molecule has 2 heteroatoms. The molecule has 0 N–H and O–H groups in total. The Morgan fingerprint density at radius 3 is 3.00 bits per heavy atom. The molecular formula is C10H7NS. The van der Waals surface area contributed by atoms with Crippen LogP contribution in [0.4, 0.5) is 0 Å². The first-order valence-corrected chi connectivity index (χ1v) is 4.62. The lowest BCUT2D eigenvalue weighted by Gasteiger charge is -2.10. The molecule has 0 aromatic heterocycles. The van der Waals surface area contributed by atoms with E-state index >= 15 is 0 Å². The average Bonchev–Trinajstić information content (AvgIpc) is 2.17. The Balaban J connectivity index is 2.38. The summed E-state index contributed by atoms with van der Waals surface area (Å²) in [7, 11) is 0. The van der Waals surface area contributed by atoms with Gasteiger partial charge in [0, 0.05) is 16.9 Å². The lowest BCUT2D eigenvalue weighted by atomic mass is 10.1. The lowest BCUT2D eigenvalue weighted by Crippen LogP contribution is -1.94. The van der Waals surface area contributed by atoms with Crippen molar-refractivity contribution >= 4 is 11.8 Å². The van der Waals surface area contributed by atoms with Crippen molar-refractivity contribution in [2.24, 2.45) is 0 Å². The van der Waals surface area contributed by atoms with Crippen LogP contribution in [0.2, 0.25) is 0 Å². The summed E-state index contributed by atoms with van der Waals surface area (Å²) in [5, 5.41) is 10.6. The van der Waals surface area contributed by atoms with Gasteiger partial charge in [-0.2, -0.15) is 5.26 Å². The van der Waals surface area contributed by atoms with Gasteiger partial charge < -0.3 is 0 Å². The van der Waals surface area contributed by atoms with E-state index in [1.807, 2.05) is 17.5 Å². The molecular weight excluding hydrogens is 166 g/mol. The van der Waals surface area contributed by atoms with Gasteiger partial charge in [0.1, 0.15) is 0 Å². The Labute approximate surface area is 75.7 Å². The number of rotatable bonds is 0. The highest BCUT2D eigenvalue weighted by molar-refractivity contribution is 8.02. The summed E-state index contributed by atoms with van der Waals surface area (Å²) in [6.07, 6.45) is 0.791. The summed E-state index contributed by atoms with van der Waals surface area (Å²) >= 11 is 1.64. The minimum Gasteiger partial charge on any atom is -0.193 e. The Bertz CT molecular complexity index is 374. The Hall–Kier alpha value is -1.20. The van der Waals surface area contributed by atoms with Crippen molar-refractivity contribution in [2.75, 3.05) is 0 Å². The fourth-order valence-corrected chi connectivity index (χ4v) is 2.07. The SMILES string of the molecule is N#CC1=CSc2ccccc2C1. The van der Waals surface area contributed by atoms with Gasteiger partial charge in [0.25, 0.3) is 0 Å². The van der Waals surface area contributed by atoms with Crippen LogP contribution in [-0.2, 0) is 6.42 Å². The fourth-order valence-electron chi connectivity index (χ4n) is 1.21. The van der Waals surface area contributed by atoms with Crippen molar-refractivity contribution < 1.29 is 0 Å². The first-order valence-electron chi connectivity index (χ1n) is 3.74. The highest BCUT2D eigenvalue weighted by atomic mass is 32.2. The van der Waals surface area contributed by atoms with E-state index < -0.39 is 0 Å². The summed E-state index contributed by atoms with van der Waals surface area (Å²) < 4.78 is 0. The van der Waals surface area contributed by atoms with Gasteiger partial charge in [0.2, 0.25) is 0 Å². The fraction of sp³-hybridized carbons (Fsp3) is 0.100. The van der Waals surface area contributed by atoms with Crippen LogP contribution in [0.3, 0.4) is 0 Å². The molecule has 1 aromatic carbocycles. The van der Waals surface area contributed by atoms with Gasteiger partial charge in [0.05, 0.1) is 6.07 Å². The topological polar surface area (TPSA) is 23.8 Å². The quantitative estimate of drug-likeness (QED) is 0.602. The van der Waals surface area contributed by atoms with Crippen LogP contribution in [-0.4, -0.2) is 0 Å². The summed E-state index contributed by atoms with van der Waals surface area (Å²) in [6, 6.07) is 10.4. The standard InChI is InChI=1S/C10H7NS/c11-6-8-5-9-3-1-2-4-10(9)12-7-8/h1-4,7H,5H2. The maximum Gasteiger partial charge on any atom is 0.0956 e. The van der Waals surface area contributed by atoms with Gasteiger partial charge in [-0.1, -0.05) is 30.0 Å². The number of hydrogen-bond donors (Lipinski definition) is 0. The van der Waals surface area contributed by atoms with Crippen LogP contribution in [0.15, 0.2) is 40.1 Å². The van der Waals surface area contributed by atoms with Crippen molar-refractivity contribution in [2.45, 2.75) is 11.3 Å². The molecule has 1 aliphatic rings. The summed E-state index contributed by atoms with van der Waals surface area (Å²) in [4.78, 5) is 1.27. The van der Waals surface area contributed by atoms with Crippen LogP contribution in [0.25, 0.3) is 0 Å². The van der Waals surface area contributed by atoms with E-state index in [1.54, 1.807) is 11.8 Å². The summed E-state index contributed by atoms with van der Waals surface area (Å²) in [5.41, 5.74) is 2.13. The van der Waals surface area contributed by atoms with Crippen molar-refractivity contribution in [3.63, 3.8) is 0 Å². The third-order valence-corrected chi connectivity index (χ3v) is 2.88. The second-order valence-electron chi connectivity index (χ2n) is 2.66. The Morgan fingerprint density at radius 1 is 1.33 bits per heavy atom. The molecule has 12 heavy (non-hydrogen) atoms. The summed E-state index contributed by atoms with van der Waals surface area (Å²) in [5.74, 6) is 0. The zero-order chi connectivity index (χ0) is 8.39. The number of thioether (sulfide) groups is 1. The zero-order valence-corrected chi connectivity index (χ0v) is 7.27. The molecule has 1 aromatic rings. The van der Waals surface area contributed by atoms with Crippen LogP contribution in [0.5, 0.6) is 0 Å². The van der Waals surface area contributed by atoms with Crippen molar-refractivity contribution in [3.8, 4) is 6.07 Å². The molecule has 0 atom stereocenters. The maximum absolute atomic E-state index is 8.68. The van der Waals surface area contributed by atoms with Gasteiger partial charge >= 0.3 is 0 Å². The number of nitrogens with zero attached hydrogens (tertiary/aromatic N) is 1. The van der Waals surface area contributed by atoms with E-state index in [4.69, 9.17) is 5.26 Å². The Morgan fingerprint density at radius 2 is 2.17 bits per heavy atom. The van der Waals surface area contributed by atoms with Crippen molar-refractivity contribution in [1.29, 1.82) is 5.26 Å². The molecule has 0 radical (unpaired) electrons. The molecule has 0 saturated carbocycles. The van der Waals surface area contributed by atoms with E-state index in [9.17, 15) is 0 Å². The molecule has 1 heterocycles. The predicted molar refractivity (Wildman–Crippen MR) is 49.7 cm³/mol. The van der Waals surface area contributed by atoms with Crippen molar-refractivity contribution in [1.82, 2.24) is 0 Å². The van der Waals surface area contributed by atoms with Gasteiger partial charge in [-0.15, -0.1) is 0 Å². The summed E-state index contributed by atoms with van der Waals surface area (Å²) in [6.45, 7) is 0. The predicted octanol–water partition coefficient (Wildman–Crippen LogP) is 2.74. The number of allylic oxidation sites excluding steroid dienone is 1. The molecule has 0 spiro atoms. The molecule has 0 unspecified atom stereocenters. The van der Waals surface area contributed by atoms with Gasteiger partial charge in [-0.05, 0) is 17.0 Å². The van der Waals surface area contributed by atoms with E-state index in [2.05, 4.69) is 18.2 Å². The zero-order valence-electron chi connectivity index (χ0n) is 6.45. The highest BCUT2D eigenvalue weighted by Gasteiger charge is 2.09. The maximum atomic E-state index is 8.68. The van der Waals surface area contributed by atoms with Crippen molar-refractivity contribution in [3.05, 3.63) is 40.8 Å². The third-order valence-electron chi connectivity index (χ3n) is 1.83. The molecule has 0 aliphatic carbocycles. The monoisotopic (exact) mass is 173 g/mol. The molecule has 0 bridgehead atoms. The minimum absolute atomic E-state index is 0.791. The number of benzene rings is 1. The lowest BCUT2D eigenvalue weighted by molar-refractivity contribution is 1.12.